The van der Waals surface area contributed by atoms with Gasteiger partial charge < -0.3 is 14.6 Å². The molecular weight excluding hydrogens is 421 g/mol. The van der Waals surface area contributed by atoms with Gasteiger partial charge >= 0.3 is 5.97 Å². The van der Waals surface area contributed by atoms with Gasteiger partial charge in [0, 0.05) is 50.9 Å². The SMILES string of the molecule is CC.CCn1cc(C(=O)O)c(=O)c2cc(F)c(N3CCN(Cc4ccc(C)cc4)CC3)cc21. The Morgan fingerprint density at radius 3 is 2.27 bits per heavy atom. The fraction of sp³-hybridized carbons (Fsp3) is 0.385. The minimum absolute atomic E-state index is 0.0982. The number of aromatic carboxylic acids is 1. The number of carboxylic acids is 1. The summed E-state index contributed by atoms with van der Waals surface area (Å²) in [5.41, 5.74) is 2.51. The third kappa shape index (κ3) is 5.25. The third-order valence-electron chi connectivity index (χ3n) is 5.96. The number of carboxylic acid groups (broad SMARTS) is 1. The predicted molar refractivity (Wildman–Crippen MR) is 131 cm³/mol. The summed E-state index contributed by atoms with van der Waals surface area (Å²) in [6.07, 6.45) is 1.34. The first kappa shape index (κ1) is 24.5. The third-order valence-corrected chi connectivity index (χ3v) is 5.96. The van der Waals surface area contributed by atoms with E-state index in [0.717, 1.165) is 19.6 Å². The molecule has 1 aliphatic heterocycles. The summed E-state index contributed by atoms with van der Waals surface area (Å²) in [6.45, 7) is 12.3. The summed E-state index contributed by atoms with van der Waals surface area (Å²) in [6, 6.07) is 11.4. The van der Waals surface area contributed by atoms with E-state index < -0.39 is 17.2 Å². The van der Waals surface area contributed by atoms with E-state index in [1.165, 1.54) is 23.4 Å². The Kier molecular flexibility index (Phi) is 7.87. The van der Waals surface area contributed by atoms with Crippen LogP contribution in [0.2, 0.25) is 0 Å². The van der Waals surface area contributed by atoms with Crippen molar-refractivity contribution in [2.75, 3.05) is 31.1 Å². The van der Waals surface area contributed by atoms with Crippen LogP contribution in [-0.4, -0.2) is 46.7 Å². The van der Waals surface area contributed by atoms with Crippen molar-refractivity contribution in [1.82, 2.24) is 9.47 Å². The van der Waals surface area contributed by atoms with Gasteiger partial charge in [-0.05, 0) is 31.5 Å². The maximum absolute atomic E-state index is 15.0. The highest BCUT2D eigenvalue weighted by Gasteiger charge is 2.22. The summed E-state index contributed by atoms with van der Waals surface area (Å²) in [5, 5.41) is 9.40. The highest BCUT2D eigenvalue weighted by atomic mass is 19.1. The van der Waals surface area contributed by atoms with Crippen LogP contribution in [0.25, 0.3) is 10.9 Å². The van der Waals surface area contributed by atoms with Crippen molar-refractivity contribution in [2.45, 2.75) is 40.8 Å². The topological polar surface area (TPSA) is 65.8 Å². The van der Waals surface area contributed by atoms with E-state index in [0.29, 0.717) is 30.8 Å². The molecule has 0 amide bonds. The summed E-state index contributed by atoms with van der Waals surface area (Å²) in [5.74, 6) is -1.80. The van der Waals surface area contributed by atoms with Crippen LogP contribution in [0.5, 0.6) is 0 Å². The van der Waals surface area contributed by atoms with E-state index in [1.807, 2.05) is 25.7 Å². The Balaban J connectivity index is 0.00000149. The molecule has 1 aliphatic rings. The van der Waals surface area contributed by atoms with Crippen LogP contribution in [0.3, 0.4) is 0 Å². The maximum atomic E-state index is 15.0. The van der Waals surface area contributed by atoms with Crippen LogP contribution in [0, 0.1) is 12.7 Å². The van der Waals surface area contributed by atoms with Gasteiger partial charge in [0.2, 0.25) is 5.43 Å². The lowest BCUT2D eigenvalue weighted by molar-refractivity contribution is 0.0695. The van der Waals surface area contributed by atoms with E-state index >= 15 is 0 Å². The summed E-state index contributed by atoms with van der Waals surface area (Å²) < 4.78 is 16.7. The van der Waals surface area contributed by atoms with Crippen LogP contribution in [0.4, 0.5) is 10.1 Å². The van der Waals surface area contributed by atoms with Crippen LogP contribution in [0.15, 0.2) is 47.4 Å². The number of hydrogen-bond donors (Lipinski definition) is 1. The number of aryl methyl sites for hydroxylation is 2. The molecule has 4 rings (SSSR count). The summed E-state index contributed by atoms with van der Waals surface area (Å²) in [4.78, 5) is 28.3. The molecule has 1 fully saturated rings. The van der Waals surface area contributed by atoms with Gasteiger partial charge in [-0.15, -0.1) is 0 Å². The number of rotatable bonds is 5. The molecular formula is C26H32FN3O3. The molecule has 0 aliphatic carbocycles. The molecule has 0 atom stereocenters. The minimum Gasteiger partial charge on any atom is -0.477 e. The average Bonchev–Trinajstić information content (AvgIpc) is 2.82. The van der Waals surface area contributed by atoms with Gasteiger partial charge in [-0.1, -0.05) is 43.7 Å². The Labute approximate surface area is 193 Å². The molecule has 0 bridgehead atoms. The van der Waals surface area contributed by atoms with Crippen molar-refractivity contribution in [3.63, 3.8) is 0 Å². The average molecular weight is 454 g/mol. The lowest BCUT2D eigenvalue weighted by Crippen LogP contribution is -2.46. The minimum atomic E-state index is -1.30. The Morgan fingerprint density at radius 1 is 1.06 bits per heavy atom. The van der Waals surface area contributed by atoms with E-state index in [4.69, 9.17) is 0 Å². The number of anilines is 1. The second kappa shape index (κ2) is 10.6. The first-order valence-electron chi connectivity index (χ1n) is 11.5. The van der Waals surface area contributed by atoms with Crippen LogP contribution in [0.1, 0.15) is 42.3 Å². The Bertz CT molecular complexity index is 1180. The fourth-order valence-corrected chi connectivity index (χ4v) is 4.15. The Morgan fingerprint density at radius 2 is 1.70 bits per heavy atom. The zero-order chi connectivity index (χ0) is 24.1. The molecule has 33 heavy (non-hydrogen) atoms. The number of piperazine rings is 1. The molecule has 0 unspecified atom stereocenters. The molecule has 2 heterocycles. The van der Waals surface area contributed by atoms with Crippen LogP contribution < -0.4 is 10.3 Å². The van der Waals surface area contributed by atoms with E-state index in [-0.39, 0.29) is 10.9 Å². The summed E-state index contributed by atoms with van der Waals surface area (Å²) >= 11 is 0. The Hall–Kier alpha value is -3.19. The highest BCUT2D eigenvalue weighted by Crippen LogP contribution is 2.26. The van der Waals surface area contributed by atoms with Crippen molar-refractivity contribution >= 4 is 22.6 Å². The second-order valence-corrected chi connectivity index (χ2v) is 8.03. The fourth-order valence-electron chi connectivity index (χ4n) is 4.15. The number of benzene rings is 2. The van der Waals surface area contributed by atoms with Gasteiger partial charge in [-0.25, -0.2) is 9.18 Å². The number of hydrogen-bond acceptors (Lipinski definition) is 4. The monoisotopic (exact) mass is 453 g/mol. The number of halogens is 1. The summed E-state index contributed by atoms with van der Waals surface area (Å²) in [7, 11) is 0. The maximum Gasteiger partial charge on any atom is 0.341 e. The number of pyridine rings is 1. The molecule has 176 valence electrons. The molecule has 1 aromatic heterocycles. The molecule has 0 spiro atoms. The van der Waals surface area contributed by atoms with E-state index in [2.05, 4.69) is 36.1 Å². The van der Waals surface area contributed by atoms with Crippen LogP contribution >= 0.6 is 0 Å². The first-order valence-corrected chi connectivity index (χ1v) is 11.5. The lowest BCUT2D eigenvalue weighted by Gasteiger charge is -2.36. The number of fused-ring (bicyclic) bond motifs is 1. The van der Waals surface area contributed by atoms with Crippen molar-refractivity contribution < 1.29 is 14.3 Å². The van der Waals surface area contributed by atoms with E-state index in [9.17, 15) is 19.1 Å². The number of carbonyl (C=O) groups is 1. The number of nitrogens with zero attached hydrogens (tertiary/aromatic N) is 3. The normalized spacial score (nSPS) is 14.2. The van der Waals surface area contributed by atoms with Gasteiger partial charge in [-0.2, -0.15) is 0 Å². The van der Waals surface area contributed by atoms with Gasteiger partial charge in [0.15, 0.2) is 0 Å². The van der Waals surface area contributed by atoms with Crippen molar-refractivity contribution in [3.05, 3.63) is 75.3 Å². The lowest BCUT2D eigenvalue weighted by atomic mass is 10.1. The molecule has 1 saturated heterocycles. The smallest absolute Gasteiger partial charge is 0.341 e. The van der Waals surface area contributed by atoms with Gasteiger partial charge in [0.25, 0.3) is 0 Å². The predicted octanol–water partition coefficient (Wildman–Crippen LogP) is 4.52. The molecule has 6 nitrogen and oxygen atoms in total. The molecule has 2 aromatic carbocycles. The molecule has 0 saturated carbocycles. The van der Waals surface area contributed by atoms with Gasteiger partial charge in [0.05, 0.1) is 11.2 Å². The van der Waals surface area contributed by atoms with Gasteiger partial charge in [-0.3, -0.25) is 9.69 Å². The standard InChI is InChI=1S/C24H26FN3O3.C2H6/c1-3-27-15-19(24(30)31)23(29)18-12-20(25)22(13-21(18)27)28-10-8-26(9-11-28)14-17-6-4-16(2)5-7-17;1-2/h4-7,12-13,15H,3,8-11,14H2,1-2H3,(H,30,31);1-2H3. The van der Waals surface area contributed by atoms with Crippen LogP contribution in [-0.2, 0) is 13.1 Å². The largest absolute Gasteiger partial charge is 0.477 e. The highest BCUT2D eigenvalue weighted by molar-refractivity contribution is 5.93. The first-order chi connectivity index (χ1) is 15.9. The molecule has 3 aromatic rings. The van der Waals surface area contributed by atoms with Crippen molar-refractivity contribution in [3.8, 4) is 0 Å². The van der Waals surface area contributed by atoms with Crippen molar-refractivity contribution in [1.29, 1.82) is 0 Å². The van der Waals surface area contributed by atoms with Gasteiger partial charge in [0.1, 0.15) is 11.4 Å². The second-order valence-electron chi connectivity index (χ2n) is 8.03. The zero-order valence-corrected chi connectivity index (χ0v) is 19.8. The zero-order valence-electron chi connectivity index (χ0n) is 19.8. The van der Waals surface area contributed by atoms with E-state index in [1.54, 1.807) is 10.6 Å². The van der Waals surface area contributed by atoms with Crippen molar-refractivity contribution in [2.24, 2.45) is 0 Å². The molecule has 1 N–H and O–H groups in total. The number of aromatic nitrogens is 1. The quantitative estimate of drug-likeness (QED) is 0.616. The molecule has 7 heteroatoms. The molecule has 0 radical (unpaired) electrons.